The third-order valence-electron chi connectivity index (χ3n) is 2.60. The van der Waals surface area contributed by atoms with E-state index in [0.29, 0.717) is 19.5 Å². The highest BCUT2D eigenvalue weighted by Crippen LogP contribution is 2.24. The number of aliphatic hydroxyl groups is 1. The van der Waals surface area contributed by atoms with Crippen LogP contribution in [0.15, 0.2) is 0 Å². The molecule has 0 aliphatic carbocycles. The second kappa shape index (κ2) is 5.01. The van der Waals surface area contributed by atoms with Crippen LogP contribution < -0.4 is 5.73 Å². The Labute approximate surface area is 96.6 Å². The number of aliphatic hydroxyl groups excluding tert-OH is 1. The van der Waals surface area contributed by atoms with Crippen molar-refractivity contribution >= 4 is 6.09 Å². The molecule has 1 amide bonds. The Kier molecular flexibility index (Phi) is 4.15. The summed E-state index contributed by atoms with van der Waals surface area (Å²) >= 11 is 0. The van der Waals surface area contributed by atoms with E-state index >= 15 is 0 Å². The minimum Gasteiger partial charge on any atom is -0.444 e. The summed E-state index contributed by atoms with van der Waals surface area (Å²) in [6.07, 6.45) is 0.454. The summed E-state index contributed by atoms with van der Waals surface area (Å²) in [6.45, 7) is 6.57. The van der Waals surface area contributed by atoms with E-state index in [1.807, 2.05) is 20.8 Å². The number of hydrogen-bond acceptors (Lipinski definition) is 4. The van der Waals surface area contributed by atoms with E-state index in [1.54, 1.807) is 4.90 Å². The first-order valence-corrected chi connectivity index (χ1v) is 5.73. The van der Waals surface area contributed by atoms with Crippen LogP contribution in [0.4, 0.5) is 4.79 Å². The lowest BCUT2D eigenvalue weighted by Gasteiger charge is -2.43. The van der Waals surface area contributed by atoms with Gasteiger partial charge < -0.3 is 20.5 Å². The molecule has 0 saturated carbocycles. The molecule has 16 heavy (non-hydrogen) atoms. The topological polar surface area (TPSA) is 75.8 Å². The standard InChI is InChI=1S/C11H22N2O3/c1-11(2,3)16-10(15)13-7-5-8(13)9(14)4-6-12/h8-9,14H,4-7,12H2,1-3H3. The molecular weight excluding hydrogens is 208 g/mol. The van der Waals surface area contributed by atoms with E-state index in [9.17, 15) is 9.90 Å². The number of hydrogen-bond donors (Lipinski definition) is 2. The van der Waals surface area contributed by atoms with Gasteiger partial charge in [-0.3, -0.25) is 0 Å². The quantitative estimate of drug-likeness (QED) is 0.748. The molecule has 1 aliphatic rings. The predicted octanol–water partition coefficient (Wildman–Crippen LogP) is 0.706. The summed E-state index contributed by atoms with van der Waals surface area (Å²) in [7, 11) is 0. The fourth-order valence-electron chi connectivity index (χ4n) is 1.72. The van der Waals surface area contributed by atoms with Crippen molar-refractivity contribution in [2.24, 2.45) is 5.73 Å². The van der Waals surface area contributed by atoms with Crippen molar-refractivity contribution in [3.8, 4) is 0 Å². The van der Waals surface area contributed by atoms with Crippen LogP contribution in [0.1, 0.15) is 33.6 Å². The molecule has 1 rings (SSSR count). The molecule has 0 bridgehead atoms. The maximum absolute atomic E-state index is 11.7. The monoisotopic (exact) mass is 230 g/mol. The van der Waals surface area contributed by atoms with Gasteiger partial charge in [0, 0.05) is 6.54 Å². The minimum atomic E-state index is -0.536. The van der Waals surface area contributed by atoms with Gasteiger partial charge in [-0.15, -0.1) is 0 Å². The van der Waals surface area contributed by atoms with Crippen molar-refractivity contribution in [3.63, 3.8) is 0 Å². The zero-order chi connectivity index (χ0) is 12.3. The van der Waals surface area contributed by atoms with E-state index in [4.69, 9.17) is 10.5 Å². The Bertz CT molecular complexity index is 250. The zero-order valence-electron chi connectivity index (χ0n) is 10.3. The Morgan fingerprint density at radius 1 is 1.62 bits per heavy atom. The second-order valence-electron chi connectivity index (χ2n) is 5.17. The lowest BCUT2D eigenvalue weighted by atomic mass is 9.96. The van der Waals surface area contributed by atoms with Crippen LogP contribution >= 0.6 is 0 Å². The van der Waals surface area contributed by atoms with Crippen LogP contribution in [0.5, 0.6) is 0 Å². The molecule has 0 aromatic heterocycles. The Hall–Kier alpha value is -0.810. The first-order chi connectivity index (χ1) is 7.35. The highest BCUT2D eigenvalue weighted by molar-refractivity contribution is 5.69. The van der Waals surface area contributed by atoms with Gasteiger partial charge in [-0.2, -0.15) is 0 Å². The number of carbonyl (C=O) groups excluding carboxylic acids is 1. The van der Waals surface area contributed by atoms with Crippen molar-refractivity contribution in [1.29, 1.82) is 0 Å². The van der Waals surface area contributed by atoms with E-state index in [0.717, 1.165) is 6.42 Å². The summed E-state index contributed by atoms with van der Waals surface area (Å²) in [5.41, 5.74) is 4.88. The summed E-state index contributed by atoms with van der Waals surface area (Å²) in [4.78, 5) is 13.3. The van der Waals surface area contributed by atoms with Gasteiger partial charge >= 0.3 is 6.09 Å². The normalized spacial score (nSPS) is 22.6. The number of nitrogens with two attached hydrogens (primary N) is 1. The van der Waals surface area contributed by atoms with Crippen molar-refractivity contribution in [2.75, 3.05) is 13.1 Å². The lowest BCUT2D eigenvalue weighted by molar-refractivity contribution is -0.0412. The zero-order valence-corrected chi connectivity index (χ0v) is 10.3. The molecule has 1 aliphatic heterocycles. The molecule has 94 valence electrons. The van der Waals surface area contributed by atoms with Gasteiger partial charge in [-0.05, 0) is 40.2 Å². The number of rotatable bonds is 3. The van der Waals surface area contributed by atoms with Crippen molar-refractivity contribution in [2.45, 2.75) is 51.4 Å². The van der Waals surface area contributed by atoms with E-state index < -0.39 is 11.7 Å². The van der Waals surface area contributed by atoms with Gasteiger partial charge in [-0.1, -0.05) is 0 Å². The van der Waals surface area contributed by atoms with Crippen LogP contribution in [-0.2, 0) is 4.74 Å². The van der Waals surface area contributed by atoms with Gasteiger partial charge in [0.15, 0.2) is 0 Å². The number of ether oxygens (including phenoxy) is 1. The van der Waals surface area contributed by atoms with Crippen LogP contribution in [0.25, 0.3) is 0 Å². The summed E-state index contributed by atoms with van der Waals surface area (Å²) in [6, 6.07) is -0.126. The summed E-state index contributed by atoms with van der Waals surface area (Å²) in [5.74, 6) is 0. The fraction of sp³-hybridized carbons (Fsp3) is 0.909. The predicted molar refractivity (Wildman–Crippen MR) is 61.0 cm³/mol. The number of carbonyl (C=O) groups is 1. The third-order valence-corrected chi connectivity index (χ3v) is 2.60. The Morgan fingerprint density at radius 2 is 2.25 bits per heavy atom. The Balaban J connectivity index is 2.46. The molecule has 2 atom stereocenters. The van der Waals surface area contributed by atoms with Gasteiger partial charge in [-0.25, -0.2) is 4.79 Å². The maximum Gasteiger partial charge on any atom is 0.410 e. The fourth-order valence-corrected chi connectivity index (χ4v) is 1.72. The largest absolute Gasteiger partial charge is 0.444 e. The molecule has 5 nitrogen and oxygen atoms in total. The lowest BCUT2D eigenvalue weighted by Crippen LogP contribution is -2.58. The first kappa shape index (κ1) is 13.3. The molecule has 1 saturated heterocycles. The smallest absolute Gasteiger partial charge is 0.410 e. The Morgan fingerprint density at radius 3 is 2.62 bits per heavy atom. The van der Waals surface area contributed by atoms with Crippen LogP contribution in [0.2, 0.25) is 0 Å². The molecule has 1 fully saturated rings. The third kappa shape index (κ3) is 3.35. The number of nitrogens with zero attached hydrogens (tertiary/aromatic N) is 1. The van der Waals surface area contributed by atoms with Gasteiger partial charge in [0.2, 0.25) is 0 Å². The van der Waals surface area contributed by atoms with E-state index in [1.165, 1.54) is 0 Å². The van der Waals surface area contributed by atoms with Crippen LogP contribution in [0, 0.1) is 0 Å². The van der Waals surface area contributed by atoms with E-state index in [2.05, 4.69) is 0 Å². The second-order valence-corrected chi connectivity index (χ2v) is 5.17. The highest BCUT2D eigenvalue weighted by Gasteiger charge is 2.38. The molecule has 0 radical (unpaired) electrons. The molecular formula is C11H22N2O3. The molecule has 3 N–H and O–H groups in total. The molecule has 0 aromatic carbocycles. The van der Waals surface area contributed by atoms with E-state index in [-0.39, 0.29) is 12.1 Å². The maximum atomic E-state index is 11.7. The number of amides is 1. The van der Waals surface area contributed by atoms with Gasteiger partial charge in [0.25, 0.3) is 0 Å². The average Bonchev–Trinajstić information content (AvgIpc) is 1.97. The molecule has 1 heterocycles. The number of likely N-dealkylation sites (tertiary alicyclic amines) is 1. The summed E-state index contributed by atoms with van der Waals surface area (Å²) < 4.78 is 5.24. The van der Waals surface area contributed by atoms with Gasteiger partial charge in [0.1, 0.15) is 5.60 Å². The van der Waals surface area contributed by atoms with Crippen LogP contribution in [-0.4, -0.2) is 46.9 Å². The molecule has 0 spiro atoms. The van der Waals surface area contributed by atoms with Crippen LogP contribution in [0.3, 0.4) is 0 Å². The highest BCUT2D eigenvalue weighted by atomic mass is 16.6. The average molecular weight is 230 g/mol. The van der Waals surface area contributed by atoms with Crippen molar-refractivity contribution < 1.29 is 14.6 Å². The molecule has 5 heteroatoms. The van der Waals surface area contributed by atoms with Gasteiger partial charge in [0.05, 0.1) is 12.1 Å². The molecule has 0 aromatic rings. The van der Waals surface area contributed by atoms with Crippen molar-refractivity contribution in [3.05, 3.63) is 0 Å². The first-order valence-electron chi connectivity index (χ1n) is 5.73. The van der Waals surface area contributed by atoms with Crippen molar-refractivity contribution in [1.82, 2.24) is 4.90 Å². The molecule has 2 unspecified atom stereocenters. The SMILES string of the molecule is CC(C)(C)OC(=O)N1CCC1C(O)CCN. The summed E-state index contributed by atoms with van der Waals surface area (Å²) in [5, 5.41) is 9.76. The minimum absolute atomic E-state index is 0.126.